The van der Waals surface area contributed by atoms with Crippen molar-refractivity contribution >= 4 is 50.2 Å². The molecule has 1 aliphatic heterocycles. The fraction of sp³-hybridized carbons (Fsp3) is 0. The second kappa shape index (κ2) is 4.56. The molecule has 1 amide bonds. The number of halogens is 1. The number of carbonyl (C=O) groups is 1. The summed E-state index contributed by atoms with van der Waals surface area (Å²) >= 11 is 3.48. The summed E-state index contributed by atoms with van der Waals surface area (Å²) in [6.45, 7) is 0. The summed E-state index contributed by atoms with van der Waals surface area (Å²) in [7, 11) is 0. The molecular formula is C16H10BrN3O. The van der Waals surface area contributed by atoms with E-state index in [2.05, 4.69) is 31.2 Å². The first kappa shape index (κ1) is 12.3. The Morgan fingerprint density at radius 2 is 2.14 bits per heavy atom. The summed E-state index contributed by atoms with van der Waals surface area (Å²) in [5.74, 6) is 0.503. The summed E-state index contributed by atoms with van der Waals surface area (Å²) in [5, 5.41) is 3.85. The lowest BCUT2D eigenvalue weighted by Gasteiger charge is -1.97. The van der Waals surface area contributed by atoms with E-state index in [1.54, 1.807) is 6.20 Å². The second-order valence-electron chi connectivity index (χ2n) is 4.85. The number of aromatic amines is 1. The van der Waals surface area contributed by atoms with Gasteiger partial charge in [-0.1, -0.05) is 15.9 Å². The molecular weight excluding hydrogens is 330 g/mol. The van der Waals surface area contributed by atoms with Crippen LogP contribution in [0.3, 0.4) is 0 Å². The highest BCUT2D eigenvalue weighted by atomic mass is 79.9. The normalized spacial score (nSPS) is 15.5. The average Bonchev–Trinajstić information content (AvgIpc) is 3.01. The molecule has 0 aliphatic carbocycles. The van der Waals surface area contributed by atoms with Crippen LogP contribution in [0.5, 0.6) is 0 Å². The van der Waals surface area contributed by atoms with Crippen LogP contribution >= 0.6 is 15.9 Å². The molecule has 0 bridgehead atoms. The zero-order valence-corrected chi connectivity index (χ0v) is 12.4. The van der Waals surface area contributed by atoms with Crippen LogP contribution in [0.1, 0.15) is 11.1 Å². The maximum atomic E-state index is 12.1. The van der Waals surface area contributed by atoms with Gasteiger partial charge in [0.05, 0.1) is 5.57 Å². The first-order valence-electron chi connectivity index (χ1n) is 6.47. The Kier molecular flexibility index (Phi) is 2.68. The van der Waals surface area contributed by atoms with Gasteiger partial charge in [0.1, 0.15) is 5.82 Å². The average molecular weight is 340 g/mol. The van der Waals surface area contributed by atoms with Gasteiger partial charge in [0.25, 0.3) is 5.91 Å². The number of carbonyl (C=O) groups excluding carboxylic acids is 1. The fourth-order valence-electron chi connectivity index (χ4n) is 2.55. The fourth-order valence-corrected chi connectivity index (χ4v) is 2.91. The molecule has 4 nitrogen and oxygen atoms in total. The summed E-state index contributed by atoms with van der Waals surface area (Å²) in [6, 6.07) is 9.76. The molecule has 0 atom stereocenters. The Labute approximate surface area is 129 Å². The Morgan fingerprint density at radius 1 is 1.24 bits per heavy atom. The third-order valence-electron chi connectivity index (χ3n) is 3.55. The van der Waals surface area contributed by atoms with Crippen molar-refractivity contribution in [1.82, 2.24) is 9.97 Å². The van der Waals surface area contributed by atoms with Crippen LogP contribution in [0.15, 0.2) is 47.2 Å². The number of rotatable bonds is 1. The van der Waals surface area contributed by atoms with Crippen molar-refractivity contribution in [2.75, 3.05) is 5.32 Å². The van der Waals surface area contributed by atoms with Crippen molar-refractivity contribution in [3.05, 3.63) is 58.3 Å². The Hall–Kier alpha value is -2.40. The van der Waals surface area contributed by atoms with E-state index in [9.17, 15) is 4.79 Å². The third kappa shape index (κ3) is 1.97. The van der Waals surface area contributed by atoms with Crippen LogP contribution in [-0.2, 0) is 4.79 Å². The van der Waals surface area contributed by atoms with Gasteiger partial charge in [-0.3, -0.25) is 4.79 Å². The smallest absolute Gasteiger partial charge is 0.257 e. The predicted molar refractivity (Wildman–Crippen MR) is 86.7 cm³/mol. The second-order valence-corrected chi connectivity index (χ2v) is 5.76. The van der Waals surface area contributed by atoms with Gasteiger partial charge < -0.3 is 10.3 Å². The minimum atomic E-state index is -0.118. The van der Waals surface area contributed by atoms with Crippen LogP contribution in [0.25, 0.3) is 22.6 Å². The first-order chi connectivity index (χ1) is 10.2. The summed E-state index contributed by atoms with van der Waals surface area (Å²) in [4.78, 5) is 19.5. The molecule has 2 aromatic heterocycles. The van der Waals surface area contributed by atoms with Crippen molar-refractivity contribution in [3.63, 3.8) is 0 Å². The van der Waals surface area contributed by atoms with Crippen molar-refractivity contribution < 1.29 is 4.79 Å². The lowest BCUT2D eigenvalue weighted by molar-refractivity contribution is -0.110. The van der Waals surface area contributed by atoms with Gasteiger partial charge in [0.15, 0.2) is 0 Å². The number of hydrogen-bond donors (Lipinski definition) is 2. The molecule has 1 aromatic carbocycles. The zero-order valence-electron chi connectivity index (χ0n) is 10.9. The van der Waals surface area contributed by atoms with Gasteiger partial charge in [-0.05, 0) is 36.4 Å². The standard InChI is InChI=1S/C16H10BrN3O/c17-10-3-4-14-12(7-10)9(8-19-14)6-13-11-2-1-5-18-15(11)20-16(13)21/h1-8,19H,(H,18,20,21)/b13-6-. The Bertz CT molecular complexity index is 911. The van der Waals surface area contributed by atoms with E-state index in [-0.39, 0.29) is 5.91 Å². The Morgan fingerprint density at radius 3 is 3.05 bits per heavy atom. The molecule has 2 N–H and O–H groups in total. The van der Waals surface area contributed by atoms with Gasteiger partial charge in [-0.25, -0.2) is 4.98 Å². The van der Waals surface area contributed by atoms with Gasteiger partial charge >= 0.3 is 0 Å². The molecule has 1 aliphatic rings. The highest BCUT2D eigenvalue weighted by Gasteiger charge is 2.24. The molecule has 0 radical (unpaired) electrons. The van der Waals surface area contributed by atoms with E-state index in [1.807, 2.05) is 42.6 Å². The van der Waals surface area contributed by atoms with E-state index in [0.29, 0.717) is 11.4 Å². The number of anilines is 1. The molecule has 102 valence electrons. The number of H-pyrrole nitrogens is 1. The van der Waals surface area contributed by atoms with Crippen LogP contribution in [0, 0.1) is 0 Å². The molecule has 0 fully saturated rings. The van der Waals surface area contributed by atoms with Gasteiger partial charge in [-0.15, -0.1) is 0 Å². The number of nitrogens with zero attached hydrogens (tertiary/aromatic N) is 1. The maximum Gasteiger partial charge on any atom is 0.257 e. The number of nitrogens with one attached hydrogen (secondary N) is 2. The molecule has 4 rings (SSSR count). The van der Waals surface area contributed by atoms with E-state index in [4.69, 9.17) is 0 Å². The van der Waals surface area contributed by atoms with Gasteiger partial charge in [-0.2, -0.15) is 0 Å². The molecule has 0 saturated carbocycles. The van der Waals surface area contributed by atoms with Crippen LogP contribution in [0.2, 0.25) is 0 Å². The topological polar surface area (TPSA) is 57.8 Å². The molecule has 21 heavy (non-hydrogen) atoms. The maximum absolute atomic E-state index is 12.1. The van der Waals surface area contributed by atoms with Crippen molar-refractivity contribution in [1.29, 1.82) is 0 Å². The van der Waals surface area contributed by atoms with E-state index in [0.717, 1.165) is 26.5 Å². The lowest BCUT2D eigenvalue weighted by Crippen LogP contribution is -2.04. The van der Waals surface area contributed by atoms with Gasteiger partial charge in [0.2, 0.25) is 0 Å². The molecule has 5 heteroatoms. The number of aromatic nitrogens is 2. The van der Waals surface area contributed by atoms with Crippen molar-refractivity contribution in [2.24, 2.45) is 0 Å². The first-order valence-corrected chi connectivity index (χ1v) is 7.27. The molecule has 0 spiro atoms. The van der Waals surface area contributed by atoms with Crippen molar-refractivity contribution in [3.8, 4) is 0 Å². The number of pyridine rings is 1. The summed E-state index contributed by atoms with van der Waals surface area (Å²) in [6.07, 6.45) is 5.48. The van der Waals surface area contributed by atoms with E-state index < -0.39 is 0 Å². The number of hydrogen-bond acceptors (Lipinski definition) is 2. The van der Waals surface area contributed by atoms with E-state index >= 15 is 0 Å². The number of amides is 1. The predicted octanol–water partition coefficient (Wildman–Crippen LogP) is 3.82. The highest BCUT2D eigenvalue weighted by molar-refractivity contribution is 9.10. The minimum absolute atomic E-state index is 0.118. The van der Waals surface area contributed by atoms with Gasteiger partial charge in [0, 0.05) is 38.9 Å². The third-order valence-corrected chi connectivity index (χ3v) is 4.04. The van der Waals surface area contributed by atoms with E-state index in [1.165, 1.54) is 0 Å². The van der Waals surface area contributed by atoms with Crippen LogP contribution < -0.4 is 5.32 Å². The quantitative estimate of drug-likeness (QED) is 0.662. The summed E-state index contributed by atoms with van der Waals surface area (Å²) in [5.41, 5.74) is 3.49. The molecule has 3 aromatic rings. The number of fused-ring (bicyclic) bond motifs is 2. The largest absolute Gasteiger partial charge is 0.361 e. The summed E-state index contributed by atoms with van der Waals surface area (Å²) < 4.78 is 1.01. The SMILES string of the molecule is O=C1Nc2ncccc2/C1=C/c1c[nH]c2ccc(Br)cc12. The molecule has 0 unspecified atom stereocenters. The molecule has 3 heterocycles. The molecule has 0 saturated heterocycles. The van der Waals surface area contributed by atoms with Crippen LogP contribution in [-0.4, -0.2) is 15.9 Å². The number of benzene rings is 1. The van der Waals surface area contributed by atoms with Crippen molar-refractivity contribution in [2.45, 2.75) is 0 Å². The lowest BCUT2D eigenvalue weighted by atomic mass is 10.1. The minimum Gasteiger partial charge on any atom is -0.361 e. The Balaban J connectivity index is 1.91. The highest BCUT2D eigenvalue weighted by Crippen LogP contribution is 2.33. The monoisotopic (exact) mass is 339 g/mol. The van der Waals surface area contributed by atoms with Crippen LogP contribution in [0.4, 0.5) is 5.82 Å². The zero-order chi connectivity index (χ0) is 14.4.